The van der Waals surface area contributed by atoms with E-state index in [9.17, 15) is 0 Å². The van der Waals surface area contributed by atoms with E-state index in [4.69, 9.17) is 16.3 Å². The topological polar surface area (TPSA) is 21.3 Å². The molecule has 1 aromatic rings. The van der Waals surface area contributed by atoms with Crippen LogP contribution < -0.4 is 10.1 Å². The molecule has 0 aliphatic carbocycles. The molecule has 17 heavy (non-hydrogen) atoms. The van der Waals surface area contributed by atoms with Gasteiger partial charge in [-0.25, -0.2) is 0 Å². The van der Waals surface area contributed by atoms with Gasteiger partial charge in [0.2, 0.25) is 0 Å². The summed E-state index contributed by atoms with van der Waals surface area (Å²) in [5.74, 6) is 0.878. The van der Waals surface area contributed by atoms with Gasteiger partial charge < -0.3 is 10.1 Å². The molecule has 0 saturated carbocycles. The fraction of sp³-hybridized carbons (Fsp3) is 0.571. The van der Waals surface area contributed by atoms with Crippen LogP contribution in [0.1, 0.15) is 31.9 Å². The molecule has 0 aromatic heterocycles. The van der Waals surface area contributed by atoms with Crippen LogP contribution >= 0.6 is 11.6 Å². The zero-order chi connectivity index (χ0) is 13.3. The third-order valence-electron chi connectivity index (χ3n) is 2.24. The minimum Gasteiger partial charge on any atom is -0.492 e. The number of hydrogen-bond acceptors (Lipinski definition) is 2. The van der Waals surface area contributed by atoms with Crippen LogP contribution in [0.5, 0.6) is 5.75 Å². The van der Waals surface area contributed by atoms with Gasteiger partial charge in [0.25, 0.3) is 0 Å². The molecule has 1 N–H and O–H groups in total. The number of benzene rings is 1. The Morgan fingerprint density at radius 3 is 2.41 bits per heavy atom. The number of rotatable bonds is 5. The van der Waals surface area contributed by atoms with E-state index < -0.39 is 0 Å². The summed E-state index contributed by atoms with van der Waals surface area (Å²) in [4.78, 5) is 0. The summed E-state index contributed by atoms with van der Waals surface area (Å²) < 4.78 is 5.63. The number of halogens is 1. The monoisotopic (exact) mass is 257 g/mol. The molecule has 2 nitrogen and oxygen atoms in total. The average Bonchev–Trinajstić information content (AvgIpc) is 2.33. The molecule has 0 bridgehead atoms. The molecular formula is C14H24ClNO. The van der Waals surface area contributed by atoms with E-state index in [2.05, 4.69) is 12.2 Å². The van der Waals surface area contributed by atoms with Crippen LogP contribution in [0.25, 0.3) is 0 Å². The second kappa shape index (κ2) is 9.32. The average molecular weight is 258 g/mol. The summed E-state index contributed by atoms with van der Waals surface area (Å²) in [5, 5.41) is 3.97. The maximum absolute atomic E-state index is 6.03. The van der Waals surface area contributed by atoms with Crippen LogP contribution in [0, 0.1) is 13.8 Å². The molecule has 1 aromatic carbocycles. The molecule has 98 valence electrons. The lowest BCUT2D eigenvalue weighted by molar-refractivity contribution is 0.313. The van der Waals surface area contributed by atoms with Crippen molar-refractivity contribution in [3.05, 3.63) is 28.3 Å². The molecule has 0 aliphatic rings. The molecule has 0 unspecified atom stereocenters. The predicted molar refractivity (Wildman–Crippen MR) is 76.3 cm³/mol. The van der Waals surface area contributed by atoms with Gasteiger partial charge in [0.05, 0.1) is 0 Å². The van der Waals surface area contributed by atoms with Gasteiger partial charge in [0, 0.05) is 11.6 Å². The van der Waals surface area contributed by atoms with Crippen molar-refractivity contribution in [2.24, 2.45) is 0 Å². The quantitative estimate of drug-likeness (QED) is 0.806. The summed E-state index contributed by atoms with van der Waals surface area (Å²) in [5.41, 5.74) is 2.22. The van der Waals surface area contributed by atoms with Crippen molar-refractivity contribution in [2.75, 3.05) is 19.7 Å². The Morgan fingerprint density at radius 1 is 1.18 bits per heavy atom. The summed E-state index contributed by atoms with van der Waals surface area (Å²) >= 11 is 6.03. The molecule has 0 atom stereocenters. The SMILES string of the molecule is CC.CCNCCOc1cc(Cl)c(C)cc1C. The Kier molecular flexibility index (Phi) is 8.92. The van der Waals surface area contributed by atoms with Gasteiger partial charge in [-0.3, -0.25) is 0 Å². The standard InChI is InChI=1S/C12H18ClNO.C2H6/c1-4-14-5-6-15-12-8-11(13)9(2)7-10(12)3;1-2/h7-8,14H,4-6H2,1-3H3;1-2H3. The first kappa shape index (κ1) is 16.3. The van der Waals surface area contributed by atoms with Crippen molar-refractivity contribution in [3.8, 4) is 5.75 Å². The van der Waals surface area contributed by atoms with Crippen molar-refractivity contribution in [1.82, 2.24) is 5.32 Å². The number of nitrogens with one attached hydrogen (secondary N) is 1. The highest BCUT2D eigenvalue weighted by Gasteiger charge is 2.03. The van der Waals surface area contributed by atoms with Gasteiger partial charge >= 0.3 is 0 Å². The van der Waals surface area contributed by atoms with E-state index in [-0.39, 0.29) is 0 Å². The molecule has 3 heteroatoms. The van der Waals surface area contributed by atoms with Crippen LogP contribution in [0.4, 0.5) is 0 Å². The number of likely N-dealkylation sites (N-methyl/N-ethyl adjacent to an activating group) is 1. The maximum Gasteiger partial charge on any atom is 0.123 e. The highest BCUT2D eigenvalue weighted by Crippen LogP contribution is 2.25. The Bertz CT molecular complexity index is 326. The normalized spacial score (nSPS) is 9.53. The molecule has 0 spiro atoms. The van der Waals surface area contributed by atoms with E-state index in [0.717, 1.165) is 35.0 Å². The summed E-state index contributed by atoms with van der Waals surface area (Å²) in [6, 6.07) is 3.93. The fourth-order valence-electron chi connectivity index (χ4n) is 1.37. The van der Waals surface area contributed by atoms with Gasteiger partial charge in [0.1, 0.15) is 12.4 Å². The summed E-state index contributed by atoms with van der Waals surface area (Å²) in [6.45, 7) is 12.6. The number of hydrogen-bond donors (Lipinski definition) is 1. The van der Waals surface area contributed by atoms with E-state index in [1.807, 2.05) is 39.8 Å². The lowest BCUT2D eigenvalue weighted by Crippen LogP contribution is -2.20. The van der Waals surface area contributed by atoms with Crippen LogP contribution in [-0.4, -0.2) is 19.7 Å². The molecule has 0 aliphatic heterocycles. The third kappa shape index (κ3) is 5.94. The number of ether oxygens (including phenoxy) is 1. The summed E-state index contributed by atoms with van der Waals surface area (Å²) in [7, 11) is 0. The largest absolute Gasteiger partial charge is 0.492 e. The summed E-state index contributed by atoms with van der Waals surface area (Å²) in [6.07, 6.45) is 0. The fourth-order valence-corrected chi connectivity index (χ4v) is 1.53. The van der Waals surface area contributed by atoms with Crippen LogP contribution in [-0.2, 0) is 0 Å². The minimum atomic E-state index is 0.675. The Labute approximate surface area is 110 Å². The molecule has 1 rings (SSSR count). The van der Waals surface area contributed by atoms with E-state index in [1.54, 1.807) is 0 Å². The molecule has 0 saturated heterocycles. The highest BCUT2D eigenvalue weighted by atomic mass is 35.5. The van der Waals surface area contributed by atoms with Crippen molar-refractivity contribution >= 4 is 11.6 Å². The maximum atomic E-state index is 6.03. The molecule has 0 fully saturated rings. The third-order valence-corrected chi connectivity index (χ3v) is 2.65. The Morgan fingerprint density at radius 2 is 1.82 bits per heavy atom. The van der Waals surface area contributed by atoms with Crippen molar-refractivity contribution in [3.63, 3.8) is 0 Å². The zero-order valence-electron chi connectivity index (χ0n) is 11.6. The molecular weight excluding hydrogens is 234 g/mol. The van der Waals surface area contributed by atoms with Crippen LogP contribution in [0.2, 0.25) is 5.02 Å². The van der Waals surface area contributed by atoms with Gasteiger partial charge in [0.15, 0.2) is 0 Å². The highest BCUT2D eigenvalue weighted by molar-refractivity contribution is 6.31. The Hall–Kier alpha value is -0.730. The van der Waals surface area contributed by atoms with Gasteiger partial charge in [-0.15, -0.1) is 0 Å². The lowest BCUT2D eigenvalue weighted by atomic mass is 10.1. The first-order chi connectivity index (χ1) is 8.15. The van der Waals surface area contributed by atoms with Gasteiger partial charge in [-0.05, 0) is 37.6 Å². The second-order valence-electron chi connectivity index (χ2n) is 3.57. The first-order valence-electron chi connectivity index (χ1n) is 6.25. The van der Waals surface area contributed by atoms with E-state index in [1.165, 1.54) is 0 Å². The lowest BCUT2D eigenvalue weighted by Gasteiger charge is -2.11. The Balaban J connectivity index is 0.00000121. The van der Waals surface area contributed by atoms with Crippen molar-refractivity contribution in [1.29, 1.82) is 0 Å². The molecule has 0 radical (unpaired) electrons. The van der Waals surface area contributed by atoms with Crippen LogP contribution in [0.3, 0.4) is 0 Å². The van der Waals surface area contributed by atoms with E-state index in [0.29, 0.717) is 6.61 Å². The van der Waals surface area contributed by atoms with Gasteiger partial charge in [-0.2, -0.15) is 0 Å². The van der Waals surface area contributed by atoms with E-state index >= 15 is 0 Å². The smallest absolute Gasteiger partial charge is 0.123 e. The minimum absolute atomic E-state index is 0.675. The molecule has 0 heterocycles. The number of aryl methyl sites for hydroxylation is 2. The predicted octanol–water partition coefficient (Wildman–Crippen LogP) is 3.97. The second-order valence-corrected chi connectivity index (χ2v) is 3.98. The van der Waals surface area contributed by atoms with Crippen molar-refractivity contribution < 1.29 is 4.74 Å². The van der Waals surface area contributed by atoms with Crippen LogP contribution in [0.15, 0.2) is 12.1 Å². The van der Waals surface area contributed by atoms with Gasteiger partial charge in [-0.1, -0.05) is 38.4 Å². The molecule has 0 amide bonds. The van der Waals surface area contributed by atoms with Crippen molar-refractivity contribution in [2.45, 2.75) is 34.6 Å². The zero-order valence-corrected chi connectivity index (χ0v) is 12.3. The first-order valence-corrected chi connectivity index (χ1v) is 6.63.